The van der Waals surface area contributed by atoms with Gasteiger partial charge in [-0.15, -0.1) is 0 Å². The fourth-order valence-corrected chi connectivity index (χ4v) is 4.68. The molecule has 1 aromatic carbocycles. The van der Waals surface area contributed by atoms with E-state index in [1.165, 1.54) is 11.1 Å². The van der Waals surface area contributed by atoms with Gasteiger partial charge in [-0.2, -0.15) is 0 Å². The van der Waals surface area contributed by atoms with E-state index in [1.54, 1.807) is 0 Å². The second kappa shape index (κ2) is 6.79. The van der Waals surface area contributed by atoms with Crippen LogP contribution in [0.1, 0.15) is 49.8 Å². The van der Waals surface area contributed by atoms with Crippen LogP contribution in [0.4, 0.5) is 0 Å². The van der Waals surface area contributed by atoms with Crippen molar-refractivity contribution in [2.45, 2.75) is 57.2 Å². The van der Waals surface area contributed by atoms with Gasteiger partial charge in [0.05, 0.1) is 23.2 Å². The zero-order chi connectivity index (χ0) is 16.6. The van der Waals surface area contributed by atoms with Crippen LogP contribution in [0.15, 0.2) is 22.7 Å². The third-order valence-corrected chi connectivity index (χ3v) is 6.52. The summed E-state index contributed by atoms with van der Waals surface area (Å²) in [4.78, 5) is 0.760. The molecule has 23 heavy (non-hydrogen) atoms. The van der Waals surface area contributed by atoms with Gasteiger partial charge in [-0.25, -0.2) is 0 Å². The number of rotatable bonds is 3. The molecule has 126 valence electrons. The maximum Gasteiger partial charge on any atom is 0.0925 e. The molecule has 3 nitrogen and oxygen atoms in total. The SMILES string of the molecule is COC1CCC2(CC1)Cc1ccc(Br)cc1[C@H]2NC(=S)[C@H](C)N. The van der Waals surface area contributed by atoms with Crippen LogP contribution in [0, 0.1) is 5.41 Å². The van der Waals surface area contributed by atoms with Crippen LogP contribution in [-0.4, -0.2) is 24.2 Å². The number of hydrogen-bond acceptors (Lipinski definition) is 3. The van der Waals surface area contributed by atoms with Gasteiger partial charge in [-0.05, 0) is 67.7 Å². The first-order valence-electron chi connectivity index (χ1n) is 8.32. The number of benzene rings is 1. The van der Waals surface area contributed by atoms with Crippen molar-refractivity contribution in [3.63, 3.8) is 0 Å². The molecule has 1 aromatic rings. The van der Waals surface area contributed by atoms with Crippen molar-refractivity contribution < 1.29 is 4.74 Å². The monoisotopic (exact) mass is 396 g/mol. The first kappa shape index (κ1) is 17.3. The molecular weight excluding hydrogens is 372 g/mol. The van der Waals surface area contributed by atoms with E-state index in [0.717, 1.165) is 41.6 Å². The molecule has 2 aliphatic carbocycles. The lowest BCUT2D eigenvalue weighted by molar-refractivity contribution is 0.0181. The minimum absolute atomic E-state index is 0.117. The van der Waals surface area contributed by atoms with E-state index < -0.39 is 0 Å². The Morgan fingerprint density at radius 1 is 1.43 bits per heavy atom. The summed E-state index contributed by atoms with van der Waals surface area (Å²) in [5, 5.41) is 3.60. The van der Waals surface area contributed by atoms with Crippen molar-refractivity contribution in [3.8, 4) is 0 Å². The van der Waals surface area contributed by atoms with Gasteiger partial charge in [0.1, 0.15) is 0 Å². The highest BCUT2D eigenvalue weighted by molar-refractivity contribution is 9.10. The van der Waals surface area contributed by atoms with E-state index in [0.29, 0.717) is 6.10 Å². The van der Waals surface area contributed by atoms with Gasteiger partial charge >= 0.3 is 0 Å². The van der Waals surface area contributed by atoms with Gasteiger partial charge in [0.15, 0.2) is 0 Å². The first-order chi connectivity index (χ1) is 10.9. The number of halogens is 1. The van der Waals surface area contributed by atoms with Crippen LogP contribution in [0.25, 0.3) is 0 Å². The molecule has 0 aromatic heterocycles. The third kappa shape index (κ3) is 3.34. The Morgan fingerprint density at radius 2 is 2.13 bits per heavy atom. The second-order valence-corrected chi connectivity index (χ2v) is 8.40. The predicted molar refractivity (Wildman–Crippen MR) is 102 cm³/mol. The smallest absolute Gasteiger partial charge is 0.0925 e. The topological polar surface area (TPSA) is 47.3 Å². The number of hydrogen-bond donors (Lipinski definition) is 2. The molecule has 1 saturated carbocycles. The lowest BCUT2D eigenvalue weighted by Crippen LogP contribution is -2.45. The van der Waals surface area contributed by atoms with Crippen LogP contribution in [0.5, 0.6) is 0 Å². The molecule has 0 saturated heterocycles. The summed E-state index contributed by atoms with van der Waals surface area (Å²) in [7, 11) is 1.82. The highest BCUT2D eigenvalue weighted by Crippen LogP contribution is 2.54. The maximum absolute atomic E-state index is 5.99. The van der Waals surface area contributed by atoms with Crippen molar-refractivity contribution in [2.75, 3.05) is 7.11 Å². The molecule has 3 N–H and O–H groups in total. The van der Waals surface area contributed by atoms with E-state index in [4.69, 9.17) is 22.7 Å². The van der Waals surface area contributed by atoms with Crippen molar-refractivity contribution >= 4 is 33.1 Å². The molecule has 2 atom stereocenters. The number of methoxy groups -OCH3 is 1. The molecule has 0 amide bonds. The third-order valence-electron chi connectivity index (χ3n) is 5.54. The van der Waals surface area contributed by atoms with E-state index in [2.05, 4.69) is 39.4 Å². The lowest BCUT2D eigenvalue weighted by Gasteiger charge is -2.42. The van der Waals surface area contributed by atoms with Gasteiger partial charge < -0.3 is 15.8 Å². The quantitative estimate of drug-likeness (QED) is 0.760. The number of thiocarbonyl (C=S) groups is 1. The summed E-state index contributed by atoms with van der Waals surface area (Å²) >= 11 is 9.12. The zero-order valence-corrected chi connectivity index (χ0v) is 16.2. The van der Waals surface area contributed by atoms with Crippen molar-refractivity contribution in [1.29, 1.82) is 0 Å². The summed E-state index contributed by atoms with van der Waals surface area (Å²) in [5.41, 5.74) is 9.04. The standard InChI is InChI=1S/C18H25BrN2OS/c1-11(20)17(23)21-16-15-9-13(19)4-3-12(15)10-18(16)7-5-14(22-2)6-8-18/h3-4,9,11,14,16H,5-8,10,20H2,1-2H3,(H,21,23)/t11-,14?,16+,18?/m0/s1. The van der Waals surface area contributed by atoms with Crippen LogP contribution in [-0.2, 0) is 11.2 Å². The molecule has 0 radical (unpaired) electrons. The van der Waals surface area contributed by atoms with Crippen LogP contribution >= 0.6 is 28.1 Å². The average molecular weight is 397 g/mol. The Hall–Kier alpha value is -0.490. The largest absolute Gasteiger partial charge is 0.381 e. The number of ether oxygens (including phenoxy) is 1. The van der Waals surface area contributed by atoms with Crippen LogP contribution in [0.3, 0.4) is 0 Å². The second-order valence-electron chi connectivity index (χ2n) is 7.05. The molecule has 1 fully saturated rings. The van der Waals surface area contributed by atoms with E-state index in [9.17, 15) is 0 Å². The lowest BCUT2D eigenvalue weighted by atomic mass is 9.68. The Morgan fingerprint density at radius 3 is 2.74 bits per heavy atom. The molecule has 0 aliphatic heterocycles. The van der Waals surface area contributed by atoms with Gasteiger partial charge in [-0.1, -0.05) is 34.2 Å². The molecule has 3 rings (SSSR count). The summed E-state index contributed by atoms with van der Waals surface area (Å²) in [6, 6.07) is 6.77. The molecule has 0 unspecified atom stereocenters. The minimum atomic E-state index is -0.117. The molecule has 5 heteroatoms. The summed E-state index contributed by atoms with van der Waals surface area (Å²) in [5.74, 6) is 0. The van der Waals surface area contributed by atoms with Gasteiger partial charge in [0.2, 0.25) is 0 Å². The van der Waals surface area contributed by atoms with Crippen LogP contribution < -0.4 is 11.1 Å². The Kier molecular flexibility index (Phi) is 5.12. The Bertz CT molecular complexity index is 597. The summed E-state index contributed by atoms with van der Waals surface area (Å²) < 4.78 is 6.69. The normalized spacial score (nSPS) is 31.0. The number of nitrogens with two attached hydrogens (primary N) is 1. The number of fused-ring (bicyclic) bond motifs is 1. The summed E-state index contributed by atoms with van der Waals surface area (Å²) in [6.07, 6.45) is 6.08. The highest BCUT2D eigenvalue weighted by Gasteiger charge is 2.48. The van der Waals surface area contributed by atoms with Crippen molar-refractivity contribution in [1.82, 2.24) is 5.32 Å². The maximum atomic E-state index is 5.99. The van der Waals surface area contributed by atoms with Gasteiger partial charge in [-0.3, -0.25) is 0 Å². The summed E-state index contributed by atoms with van der Waals surface area (Å²) in [6.45, 7) is 1.95. The Labute approximate surface area is 152 Å². The molecule has 0 heterocycles. The zero-order valence-electron chi connectivity index (χ0n) is 13.8. The van der Waals surface area contributed by atoms with E-state index >= 15 is 0 Å². The Balaban J connectivity index is 1.91. The van der Waals surface area contributed by atoms with Gasteiger partial charge in [0, 0.05) is 11.6 Å². The van der Waals surface area contributed by atoms with Gasteiger partial charge in [0.25, 0.3) is 0 Å². The fourth-order valence-electron chi connectivity index (χ4n) is 4.18. The van der Waals surface area contributed by atoms with Crippen molar-refractivity contribution in [2.24, 2.45) is 11.1 Å². The molecular formula is C18H25BrN2OS. The molecule has 0 bridgehead atoms. The minimum Gasteiger partial charge on any atom is -0.381 e. The molecule has 1 spiro atoms. The highest BCUT2D eigenvalue weighted by atomic mass is 79.9. The van der Waals surface area contributed by atoms with Crippen LogP contribution in [0.2, 0.25) is 0 Å². The number of nitrogens with one attached hydrogen (secondary N) is 1. The fraction of sp³-hybridized carbons (Fsp3) is 0.611. The van der Waals surface area contributed by atoms with Crippen molar-refractivity contribution in [3.05, 3.63) is 33.8 Å². The average Bonchev–Trinajstić information content (AvgIpc) is 2.81. The first-order valence-corrected chi connectivity index (χ1v) is 9.52. The predicted octanol–water partition coefficient (Wildman–Crippen LogP) is 3.89. The van der Waals surface area contributed by atoms with E-state index in [1.807, 2.05) is 14.0 Å². The van der Waals surface area contributed by atoms with E-state index in [-0.39, 0.29) is 17.5 Å². The molecule has 2 aliphatic rings.